The Kier molecular flexibility index (Phi) is 4.94. The molecule has 2 aromatic carbocycles. The first kappa shape index (κ1) is 19.9. The first-order valence-corrected chi connectivity index (χ1v) is 9.49. The topological polar surface area (TPSA) is 88.4 Å². The lowest BCUT2D eigenvalue weighted by atomic mass is 10.1. The summed E-state index contributed by atoms with van der Waals surface area (Å²) in [7, 11) is -4.88. The van der Waals surface area contributed by atoms with Crippen molar-refractivity contribution in [3.05, 3.63) is 65.4 Å². The molecule has 0 aliphatic heterocycles. The van der Waals surface area contributed by atoms with Gasteiger partial charge in [-0.05, 0) is 30.2 Å². The average molecular weight is 412 g/mol. The summed E-state index contributed by atoms with van der Waals surface area (Å²) in [6.07, 6.45) is -5.13. The first-order valence-electron chi connectivity index (χ1n) is 8.01. The van der Waals surface area contributed by atoms with Gasteiger partial charge >= 0.3 is 12.3 Å². The van der Waals surface area contributed by atoms with E-state index in [-0.39, 0.29) is 17.8 Å². The van der Waals surface area contributed by atoms with E-state index in [0.29, 0.717) is 21.2 Å². The summed E-state index contributed by atoms with van der Waals surface area (Å²) in [6.45, 7) is 1.39. The molecule has 0 amide bonds. The maximum absolute atomic E-state index is 12.6. The highest BCUT2D eigenvalue weighted by atomic mass is 32.2. The molecule has 0 spiro atoms. The molecule has 10 heteroatoms. The van der Waals surface area contributed by atoms with E-state index < -0.39 is 27.2 Å². The SMILES string of the molecule is Cc1c(C(=O)O)n(Cc2ccccc2S(=O)(=O)NC(F)(F)F)c2ccccc12. The van der Waals surface area contributed by atoms with E-state index in [1.807, 2.05) is 0 Å². The predicted molar refractivity (Wildman–Crippen MR) is 95.6 cm³/mol. The zero-order chi connectivity index (χ0) is 20.7. The number of nitrogens with zero attached hydrogens (tertiary/aromatic N) is 1. The molecule has 0 aliphatic carbocycles. The van der Waals surface area contributed by atoms with E-state index >= 15 is 0 Å². The van der Waals surface area contributed by atoms with Crippen LogP contribution in [0.1, 0.15) is 21.6 Å². The Morgan fingerprint density at radius 3 is 2.36 bits per heavy atom. The van der Waals surface area contributed by atoms with Crippen LogP contribution in [-0.2, 0) is 16.6 Å². The molecule has 0 saturated carbocycles. The van der Waals surface area contributed by atoms with Crippen LogP contribution < -0.4 is 4.72 Å². The molecule has 0 aliphatic rings. The quantitative estimate of drug-likeness (QED) is 0.628. The van der Waals surface area contributed by atoms with Crippen LogP contribution in [0.25, 0.3) is 10.9 Å². The Balaban J connectivity index is 2.17. The number of aryl methyl sites for hydroxylation is 1. The van der Waals surface area contributed by atoms with Gasteiger partial charge in [-0.25, -0.2) is 13.2 Å². The van der Waals surface area contributed by atoms with Crippen molar-refractivity contribution in [2.24, 2.45) is 0 Å². The van der Waals surface area contributed by atoms with E-state index in [2.05, 4.69) is 0 Å². The number of aromatic carboxylic acids is 1. The zero-order valence-electron chi connectivity index (χ0n) is 14.5. The molecule has 28 heavy (non-hydrogen) atoms. The standard InChI is InChI=1S/C18H15F3N2O4S/c1-11-13-7-3-4-8-14(13)23(16(11)17(24)25)10-12-6-2-5-9-15(12)28(26,27)22-18(19,20)21/h2-9,22H,10H2,1H3,(H,24,25). The highest BCUT2D eigenvalue weighted by Gasteiger charge is 2.36. The van der Waals surface area contributed by atoms with Crippen LogP contribution in [0, 0.1) is 6.92 Å². The Labute approximate surface area is 158 Å². The van der Waals surface area contributed by atoms with E-state index in [9.17, 15) is 31.5 Å². The summed E-state index contributed by atoms with van der Waals surface area (Å²) in [6, 6.07) is 12.0. The molecule has 0 radical (unpaired) electrons. The maximum Gasteiger partial charge on any atom is 0.470 e. The third-order valence-corrected chi connectivity index (χ3v) is 5.74. The largest absolute Gasteiger partial charge is 0.477 e. The average Bonchev–Trinajstić information content (AvgIpc) is 2.86. The van der Waals surface area contributed by atoms with Gasteiger partial charge in [0, 0.05) is 17.4 Å². The van der Waals surface area contributed by atoms with Gasteiger partial charge in [-0.2, -0.15) is 13.2 Å². The Hall–Kier alpha value is -2.85. The smallest absolute Gasteiger partial charge is 0.470 e. The number of alkyl halides is 3. The molecule has 1 aromatic heterocycles. The van der Waals surface area contributed by atoms with Crippen molar-refractivity contribution in [1.29, 1.82) is 0 Å². The number of fused-ring (bicyclic) bond motifs is 1. The van der Waals surface area contributed by atoms with Crippen molar-refractivity contribution < 1.29 is 31.5 Å². The van der Waals surface area contributed by atoms with Crippen LogP contribution in [0.15, 0.2) is 53.4 Å². The molecule has 2 N–H and O–H groups in total. The van der Waals surface area contributed by atoms with Crippen LogP contribution in [-0.4, -0.2) is 30.4 Å². The fourth-order valence-corrected chi connectivity index (χ4v) is 4.34. The van der Waals surface area contributed by atoms with Crippen LogP contribution >= 0.6 is 0 Å². The van der Waals surface area contributed by atoms with Gasteiger partial charge in [-0.3, -0.25) is 0 Å². The van der Waals surface area contributed by atoms with Crippen molar-refractivity contribution in [2.45, 2.75) is 24.7 Å². The number of benzene rings is 2. The van der Waals surface area contributed by atoms with Crippen molar-refractivity contribution in [3.63, 3.8) is 0 Å². The summed E-state index contributed by atoms with van der Waals surface area (Å²) in [5.41, 5.74) is 0.991. The van der Waals surface area contributed by atoms with Gasteiger partial charge in [0.25, 0.3) is 0 Å². The molecular formula is C18H15F3N2O4S. The van der Waals surface area contributed by atoms with Crippen molar-refractivity contribution in [1.82, 2.24) is 9.29 Å². The molecule has 0 fully saturated rings. The number of carbonyl (C=O) groups is 1. The Morgan fingerprint density at radius 2 is 1.71 bits per heavy atom. The monoisotopic (exact) mass is 412 g/mol. The van der Waals surface area contributed by atoms with Crippen molar-refractivity contribution in [2.75, 3.05) is 0 Å². The number of nitrogens with one attached hydrogen (secondary N) is 1. The third-order valence-electron chi connectivity index (χ3n) is 4.27. The van der Waals surface area contributed by atoms with E-state index in [1.165, 1.54) is 22.8 Å². The fraction of sp³-hybridized carbons (Fsp3) is 0.167. The van der Waals surface area contributed by atoms with Gasteiger partial charge in [0.05, 0.1) is 4.90 Å². The minimum absolute atomic E-state index is 0.0301. The number of carboxylic acids is 1. The highest BCUT2D eigenvalue weighted by Crippen LogP contribution is 2.28. The molecule has 0 bridgehead atoms. The lowest BCUT2D eigenvalue weighted by Gasteiger charge is -2.15. The summed E-state index contributed by atoms with van der Waals surface area (Å²) in [5.74, 6) is -1.22. The molecule has 3 rings (SSSR count). The molecule has 0 saturated heterocycles. The maximum atomic E-state index is 12.6. The first-order chi connectivity index (χ1) is 13.0. The molecule has 148 valence electrons. The third kappa shape index (κ3) is 3.73. The number of aromatic nitrogens is 1. The van der Waals surface area contributed by atoms with Crippen LogP contribution in [0.5, 0.6) is 0 Å². The van der Waals surface area contributed by atoms with Gasteiger partial charge in [-0.15, -0.1) is 4.72 Å². The van der Waals surface area contributed by atoms with Crippen LogP contribution in [0.4, 0.5) is 13.2 Å². The van der Waals surface area contributed by atoms with Crippen LogP contribution in [0.3, 0.4) is 0 Å². The fourth-order valence-electron chi connectivity index (χ4n) is 3.19. The zero-order valence-corrected chi connectivity index (χ0v) is 15.3. The molecular weight excluding hydrogens is 397 g/mol. The molecule has 3 aromatic rings. The predicted octanol–water partition coefficient (Wildman–Crippen LogP) is 3.49. The molecule has 0 atom stereocenters. The number of halogens is 3. The summed E-state index contributed by atoms with van der Waals surface area (Å²) in [5, 5.41) is 10.3. The number of para-hydroxylation sites is 1. The second-order valence-electron chi connectivity index (χ2n) is 6.09. The number of hydrogen-bond acceptors (Lipinski definition) is 3. The Morgan fingerprint density at radius 1 is 1.11 bits per heavy atom. The minimum atomic E-state index is -5.13. The summed E-state index contributed by atoms with van der Waals surface area (Å²) in [4.78, 5) is 11.2. The molecule has 1 heterocycles. The van der Waals surface area contributed by atoms with Gasteiger partial charge in [-0.1, -0.05) is 36.4 Å². The normalized spacial score (nSPS) is 12.4. The van der Waals surface area contributed by atoms with Gasteiger partial charge in [0.2, 0.25) is 10.0 Å². The summed E-state index contributed by atoms with van der Waals surface area (Å²) < 4.78 is 64.2. The molecule has 6 nitrogen and oxygen atoms in total. The number of carboxylic acid groups (broad SMARTS) is 1. The van der Waals surface area contributed by atoms with E-state index in [0.717, 1.165) is 6.07 Å². The van der Waals surface area contributed by atoms with Crippen molar-refractivity contribution >= 4 is 26.9 Å². The lowest BCUT2D eigenvalue weighted by molar-refractivity contribution is -0.138. The Bertz CT molecular complexity index is 1170. The second-order valence-corrected chi connectivity index (χ2v) is 7.74. The molecule has 0 unspecified atom stereocenters. The van der Waals surface area contributed by atoms with E-state index in [1.54, 1.807) is 31.2 Å². The van der Waals surface area contributed by atoms with Crippen molar-refractivity contribution in [3.8, 4) is 0 Å². The highest BCUT2D eigenvalue weighted by molar-refractivity contribution is 7.89. The van der Waals surface area contributed by atoms with Crippen LogP contribution in [0.2, 0.25) is 0 Å². The minimum Gasteiger partial charge on any atom is -0.477 e. The number of hydrogen-bond donors (Lipinski definition) is 2. The van der Waals surface area contributed by atoms with Gasteiger partial charge in [0.15, 0.2) is 0 Å². The summed E-state index contributed by atoms with van der Waals surface area (Å²) >= 11 is 0. The van der Waals surface area contributed by atoms with Gasteiger partial charge in [0.1, 0.15) is 5.69 Å². The van der Waals surface area contributed by atoms with E-state index in [4.69, 9.17) is 0 Å². The van der Waals surface area contributed by atoms with Gasteiger partial charge < -0.3 is 9.67 Å². The lowest BCUT2D eigenvalue weighted by Crippen LogP contribution is -2.37. The number of rotatable bonds is 5. The number of sulfonamides is 1. The second kappa shape index (κ2) is 6.95.